The number of nitrogens with one attached hydrogen (secondary N) is 2. The smallest absolute Gasteiger partial charge is 0.252 e. The first-order valence-electron chi connectivity index (χ1n) is 9.55. The second kappa shape index (κ2) is 8.44. The van der Waals surface area contributed by atoms with Crippen molar-refractivity contribution in [1.29, 1.82) is 0 Å². The van der Waals surface area contributed by atoms with E-state index in [0.717, 1.165) is 23.4 Å². The Morgan fingerprint density at radius 3 is 2.66 bits per heavy atom. The number of pyridine rings is 1. The van der Waals surface area contributed by atoms with Gasteiger partial charge in [-0.25, -0.2) is 9.37 Å². The number of aromatic nitrogens is 3. The predicted molar refractivity (Wildman–Crippen MR) is 113 cm³/mol. The number of hydrogen-bond donors (Lipinski definition) is 4. The summed E-state index contributed by atoms with van der Waals surface area (Å²) in [7, 11) is 1.85. The van der Waals surface area contributed by atoms with Gasteiger partial charge in [0.05, 0.1) is 17.3 Å². The van der Waals surface area contributed by atoms with Crippen molar-refractivity contribution in [2.24, 2.45) is 18.5 Å². The lowest BCUT2D eigenvalue weighted by Gasteiger charge is -2.24. The Balaban J connectivity index is 1.97. The molecule has 8 nitrogen and oxygen atoms in total. The van der Waals surface area contributed by atoms with Crippen LogP contribution in [-0.2, 0) is 7.05 Å². The van der Waals surface area contributed by atoms with Gasteiger partial charge in [-0.3, -0.25) is 9.48 Å². The number of carbonyl (C=O) groups excluding carboxylic acids is 1. The fourth-order valence-electron chi connectivity index (χ4n) is 3.22. The average Bonchev–Trinajstić information content (AvgIpc) is 3.07. The third kappa shape index (κ3) is 4.29. The van der Waals surface area contributed by atoms with Crippen molar-refractivity contribution in [2.45, 2.75) is 38.8 Å². The van der Waals surface area contributed by atoms with Gasteiger partial charge in [0.2, 0.25) is 0 Å². The van der Waals surface area contributed by atoms with E-state index in [0.29, 0.717) is 12.1 Å². The van der Waals surface area contributed by atoms with Gasteiger partial charge >= 0.3 is 0 Å². The molecule has 0 aliphatic heterocycles. The van der Waals surface area contributed by atoms with E-state index in [1.165, 1.54) is 0 Å². The van der Waals surface area contributed by atoms with Crippen LogP contribution in [0.4, 0.5) is 21.7 Å². The van der Waals surface area contributed by atoms with Gasteiger partial charge in [0.25, 0.3) is 5.91 Å². The van der Waals surface area contributed by atoms with Gasteiger partial charge < -0.3 is 22.1 Å². The molecule has 1 aromatic carbocycles. The molecule has 6 N–H and O–H groups in total. The second-order valence-electron chi connectivity index (χ2n) is 6.98. The molecule has 3 aromatic rings. The monoisotopic (exact) mass is 399 g/mol. The highest BCUT2D eigenvalue weighted by molar-refractivity contribution is 5.99. The van der Waals surface area contributed by atoms with Crippen LogP contribution in [0.5, 0.6) is 0 Å². The fourth-order valence-corrected chi connectivity index (χ4v) is 3.22. The molecule has 154 valence electrons. The van der Waals surface area contributed by atoms with E-state index in [1.54, 1.807) is 10.9 Å². The Bertz CT molecular complexity index is 1030. The predicted octanol–water partition coefficient (Wildman–Crippen LogP) is 2.88. The normalized spacial score (nSPS) is 13.3. The third-order valence-corrected chi connectivity index (χ3v) is 5.00. The maximum absolute atomic E-state index is 14.6. The van der Waals surface area contributed by atoms with Crippen LogP contribution in [0.2, 0.25) is 0 Å². The molecule has 0 fully saturated rings. The van der Waals surface area contributed by atoms with Crippen molar-refractivity contribution in [3.8, 4) is 0 Å². The number of aryl methyl sites for hydroxylation is 1. The zero-order valence-corrected chi connectivity index (χ0v) is 16.7. The average molecular weight is 399 g/mol. The summed E-state index contributed by atoms with van der Waals surface area (Å²) in [4.78, 5) is 16.1. The topological polar surface area (TPSA) is 124 Å². The van der Waals surface area contributed by atoms with Crippen molar-refractivity contribution in [3.05, 3.63) is 41.8 Å². The van der Waals surface area contributed by atoms with Crippen LogP contribution in [0.1, 0.15) is 37.0 Å². The van der Waals surface area contributed by atoms with Gasteiger partial charge in [-0.2, -0.15) is 5.10 Å². The summed E-state index contributed by atoms with van der Waals surface area (Å²) in [5.74, 6) is -1.24. The van der Waals surface area contributed by atoms with Crippen LogP contribution in [-0.4, -0.2) is 32.8 Å². The molecule has 0 aliphatic carbocycles. The van der Waals surface area contributed by atoms with Crippen LogP contribution in [0.3, 0.4) is 0 Å². The van der Waals surface area contributed by atoms with Gasteiger partial charge in [-0.15, -0.1) is 0 Å². The molecule has 0 spiro atoms. The molecule has 0 unspecified atom stereocenters. The van der Waals surface area contributed by atoms with Crippen LogP contribution in [0, 0.1) is 5.82 Å². The summed E-state index contributed by atoms with van der Waals surface area (Å²) in [6, 6.07) is 6.38. The number of benzene rings is 1. The number of halogens is 1. The van der Waals surface area contributed by atoms with Crippen molar-refractivity contribution in [3.63, 3.8) is 0 Å². The first-order chi connectivity index (χ1) is 13.8. The number of carbonyl (C=O) groups is 1. The molecule has 0 saturated carbocycles. The molecule has 2 atom stereocenters. The van der Waals surface area contributed by atoms with Gasteiger partial charge in [0, 0.05) is 30.2 Å². The second-order valence-corrected chi connectivity index (χ2v) is 6.98. The number of amides is 1. The Labute approximate surface area is 168 Å². The minimum absolute atomic E-state index is 0.0238. The summed E-state index contributed by atoms with van der Waals surface area (Å²) in [6.45, 7) is 3.93. The zero-order chi connectivity index (χ0) is 21.1. The summed E-state index contributed by atoms with van der Waals surface area (Å²) in [5, 5.41) is 11.3. The van der Waals surface area contributed by atoms with Gasteiger partial charge in [0.15, 0.2) is 11.6 Å². The van der Waals surface area contributed by atoms with Crippen LogP contribution >= 0.6 is 0 Å². The maximum atomic E-state index is 14.6. The molecule has 29 heavy (non-hydrogen) atoms. The quantitative estimate of drug-likeness (QED) is 0.462. The number of primary amides is 1. The van der Waals surface area contributed by atoms with Gasteiger partial charge in [0.1, 0.15) is 5.82 Å². The highest BCUT2D eigenvalue weighted by atomic mass is 19.1. The molecule has 0 aliphatic rings. The molecule has 1 amide bonds. The minimum atomic E-state index is -0.773. The molecule has 0 saturated heterocycles. The molecular weight excluding hydrogens is 373 g/mol. The first-order valence-corrected chi connectivity index (χ1v) is 9.55. The van der Waals surface area contributed by atoms with E-state index in [9.17, 15) is 9.18 Å². The molecule has 0 bridgehead atoms. The Kier molecular flexibility index (Phi) is 5.97. The summed E-state index contributed by atoms with van der Waals surface area (Å²) in [5.41, 5.74) is 13.1. The lowest BCUT2D eigenvalue weighted by Crippen LogP contribution is -2.39. The molecular formula is C20H26FN7O. The SMILES string of the molecule is CC[C@H](N)[C@@H](CC)Nc1nc(Nc2ccc3c(cnn3C)c2)c(C(N)=O)cc1F. The zero-order valence-electron chi connectivity index (χ0n) is 16.7. The largest absolute Gasteiger partial charge is 0.365 e. The summed E-state index contributed by atoms with van der Waals surface area (Å²) >= 11 is 0. The fraction of sp³-hybridized carbons (Fsp3) is 0.350. The van der Waals surface area contributed by atoms with Crippen LogP contribution in [0.15, 0.2) is 30.5 Å². The number of nitrogens with two attached hydrogens (primary N) is 2. The molecule has 2 aromatic heterocycles. The van der Waals surface area contributed by atoms with E-state index in [4.69, 9.17) is 11.5 Å². The van der Waals surface area contributed by atoms with E-state index in [-0.39, 0.29) is 29.3 Å². The van der Waals surface area contributed by atoms with Crippen LogP contribution in [0.25, 0.3) is 10.9 Å². The Morgan fingerprint density at radius 1 is 1.24 bits per heavy atom. The lowest BCUT2D eigenvalue weighted by atomic mass is 10.0. The molecule has 2 heterocycles. The minimum Gasteiger partial charge on any atom is -0.365 e. The third-order valence-electron chi connectivity index (χ3n) is 5.00. The van der Waals surface area contributed by atoms with Crippen molar-refractivity contribution in [1.82, 2.24) is 14.8 Å². The van der Waals surface area contributed by atoms with E-state index < -0.39 is 11.7 Å². The van der Waals surface area contributed by atoms with Crippen molar-refractivity contribution in [2.75, 3.05) is 10.6 Å². The van der Waals surface area contributed by atoms with Crippen molar-refractivity contribution >= 4 is 34.1 Å². The number of rotatable bonds is 8. The van der Waals surface area contributed by atoms with E-state index in [1.807, 2.05) is 39.1 Å². The lowest BCUT2D eigenvalue weighted by molar-refractivity contribution is 0.100. The van der Waals surface area contributed by atoms with Gasteiger partial charge in [-0.05, 0) is 37.1 Å². The van der Waals surface area contributed by atoms with E-state index in [2.05, 4.69) is 20.7 Å². The molecule has 0 radical (unpaired) electrons. The highest BCUT2D eigenvalue weighted by Crippen LogP contribution is 2.26. The standard InChI is InChI=1S/C20H26FN7O/c1-4-15(22)16(5-2)26-20-14(21)9-13(18(23)29)19(27-20)25-12-6-7-17-11(8-12)10-24-28(17)3/h6-10,15-16H,4-5,22H2,1-3H3,(H2,23,29)(H2,25,26,27)/t15-,16+/m0/s1. The number of hydrogen-bond acceptors (Lipinski definition) is 6. The molecule has 3 rings (SSSR count). The first kappa shape index (κ1) is 20.5. The number of fused-ring (bicyclic) bond motifs is 1. The van der Waals surface area contributed by atoms with Gasteiger partial charge in [-0.1, -0.05) is 13.8 Å². The van der Waals surface area contributed by atoms with Crippen molar-refractivity contribution < 1.29 is 9.18 Å². The number of anilines is 3. The maximum Gasteiger partial charge on any atom is 0.252 e. The number of nitrogens with zero attached hydrogens (tertiary/aromatic N) is 3. The highest BCUT2D eigenvalue weighted by Gasteiger charge is 2.20. The van der Waals surface area contributed by atoms with E-state index >= 15 is 0 Å². The Morgan fingerprint density at radius 2 is 2.00 bits per heavy atom. The summed E-state index contributed by atoms with van der Waals surface area (Å²) in [6.07, 6.45) is 3.18. The molecule has 9 heteroatoms. The Hall–Kier alpha value is -3.20. The van der Waals surface area contributed by atoms with Crippen LogP contribution < -0.4 is 22.1 Å². The summed E-state index contributed by atoms with van der Waals surface area (Å²) < 4.78 is 16.3.